The minimum absolute atomic E-state index is 0.398. The van der Waals surface area contributed by atoms with E-state index in [1.165, 1.54) is 0 Å². The van der Waals surface area contributed by atoms with Crippen LogP contribution >= 0.6 is 11.6 Å². The summed E-state index contributed by atoms with van der Waals surface area (Å²) in [5.41, 5.74) is 2.79. The highest BCUT2D eigenvalue weighted by molar-refractivity contribution is 6.31. The van der Waals surface area contributed by atoms with Gasteiger partial charge in [0.05, 0.1) is 17.8 Å². The monoisotopic (exact) mass is 354 g/mol. The predicted molar refractivity (Wildman–Crippen MR) is 104 cm³/mol. The van der Waals surface area contributed by atoms with Crippen molar-refractivity contribution < 1.29 is 4.74 Å². The largest absolute Gasteiger partial charge is 0.490 e. The fraction of sp³-hybridized carbons (Fsp3) is 0.333. The highest BCUT2D eigenvalue weighted by Crippen LogP contribution is 2.31. The molecule has 130 valence electrons. The first-order valence-corrected chi connectivity index (χ1v) is 9.06. The van der Waals surface area contributed by atoms with E-state index in [0.717, 1.165) is 28.6 Å². The number of nitrogens with zero attached hydrogens (tertiary/aromatic N) is 2. The summed E-state index contributed by atoms with van der Waals surface area (Å²) in [6.07, 6.45) is 2.93. The Labute approximate surface area is 154 Å². The lowest BCUT2D eigenvalue weighted by molar-refractivity contribution is 0.238. The molecule has 0 spiro atoms. The molecule has 2 heterocycles. The number of benzene rings is 1. The Hall–Kier alpha value is -2.13. The molecule has 1 aromatic carbocycles. The van der Waals surface area contributed by atoms with Crippen molar-refractivity contribution in [2.45, 2.75) is 27.2 Å². The van der Waals surface area contributed by atoms with Crippen LogP contribution in [0.1, 0.15) is 27.2 Å². The number of fused-ring (bicyclic) bond motifs is 1. The lowest BCUT2D eigenvalue weighted by Crippen LogP contribution is -2.11. The lowest BCUT2D eigenvalue weighted by Gasteiger charge is -2.16. The van der Waals surface area contributed by atoms with Gasteiger partial charge < -0.3 is 4.74 Å². The summed E-state index contributed by atoms with van der Waals surface area (Å²) in [5, 5.41) is 1.46. The third-order valence-electron chi connectivity index (χ3n) is 4.14. The zero-order valence-corrected chi connectivity index (χ0v) is 15.6. The molecular formula is C21H23ClN2O. The van der Waals surface area contributed by atoms with Crippen molar-refractivity contribution in [1.29, 1.82) is 0 Å². The average molecular weight is 355 g/mol. The SMILES string of the molecule is CC(C)C[C@H](C)COc1ccc(-c2ccnc3ccccc23)nc1Cl. The standard InChI is InChI=1S/C21H23ClN2O/c1-14(2)12-15(3)13-25-20-9-8-19(24-21(20)22)17-10-11-23-18-7-5-4-6-16(17)18/h4-11,14-15H,12-13H2,1-3H3/t15-/m0/s1. The van der Waals surface area contributed by atoms with E-state index in [9.17, 15) is 0 Å². The minimum atomic E-state index is 0.398. The second kappa shape index (κ2) is 7.83. The van der Waals surface area contributed by atoms with Crippen LogP contribution < -0.4 is 4.74 Å². The summed E-state index contributed by atoms with van der Waals surface area (Å²) < 4.78 is 5.87. The third kappa shape index (κ3) is 4.29. The molecule has 0 unspecified atom stereocenters. The van der Waals surface area contributed by atoms with Crippen LogP contribution in [-0.2, 0) is 0 Å². The Kier molecular flexibility index (Phi) is 5.54. The zero-order valence-electron chi connectivity index (χ0n) is 14.9. The third-order valence-corrected chi connectivity index (χ3v) is 4.41. The van der Waals surface area contributed by atoms with E-state index < -0.39 is 0 Å². The summed E-state index contributed by atoms with van der Waals surface area (Å²) >= 11 is 6.37. The van der Waals surface area contributed by atoms with Gasteiger partial charge in [-0.3, -0.25) is 4.98 Å². The van der Waals surface area contributed by atoms with Crippen LogP contribution in [0.5, 0.6) is 5.75 Å². The topological polar surface area (TPSA) is 35.0 Å². The second-order valence-corrected chi connectivity index (χ2v) is 7.26. The molecule has 0 aliphatic heterocycles. The van der Waals surface area contributed by atoms with Crippen molar-refractivity contribution in [2.75, 3.05) is 6.61 Å². The van der Waals surface area contributed by atoms with Crippen LogP contribution in [0.4, 0.5) is 0 Å². The molecule has 2 aromatic heterocycles. The molecule has 0 amide bonds. The molecule has 0 fully saturated rings. The Morgan fingerprint density at radius 2 is 1.84 bits per heavy atom. The second-order valence-electron chi connectivity index (χ2n) is 6.91. The fourth-order valence-corrected chi connectivity index (χ4v) is 3.31. The van der Waals surface area contributed by atoms with E-state index in [-0.39, 0.29) is 0 Å². The molecule has 25 heavy (non-hydrogen) atoms. The molecule has 0 aliphatic carbocycles. The summed E-state index contributed by atoms with van der Waals surface area (Å²) in [6.45, 7) is 7.29. The molecule has 1 atom stereocenters. The quantitative estimate of drug-likeness (QED) is 0.508. The molecule has 0 N–H and O–H groups in total. The zero-order chi connectivity index (χ0) is 17.8. The maximum absolute atomic E-state index is 6.37. The van der Waals surface area contributed by atoms with Crippen molar-refractivity contribution in [3.63, 3.8) is 0 Å². The summed E-state index contributed by atoms with van der Waals surface area (Å²) in [4.78, 5) is 8.94. The predicted octanol–water partition coefficient (Wildman–Crippen LogP) is 6.01. The summed E-state index contributed by atoms with van der Waals surface area (Å²) in [5.74, 6) is 1.79. The summed E-state index contributed by atoms with van der Waals surface area (Å²) in [6, 6.07) is 13.8. The number of hydrogen-bond acceptors (Lipinski definition) is 3. The minimum Gasteiger partial charge on any atom is -0.490 e. The first-order chi connectivity index (χ1) is 12.0. The smallest absolute Gasteiger partial charge is 0.171 e. The first kappa shape index (κ1) is 17.7. The van der Waals surface area contributed by atoms with E-state index in [2.05, 4.69) is 30.7 Å². The highest BCUT2D eigenvalue weighted by Gasteiger charge is 2.11. The van der Waals surface area contributed by atoms with Gasteiger partial charge in [0.25, 0.3) is 0 Å². The Bertz CT molecular complexity index is 858. The Morgan fingerprint density at radius 1 is 1.04 bits per heavy atom. The van der Waals surface area contributed by atoms with Crippen LogP contribution in [-0.4, -0.2) is 16.6 Å². The van der Waals surface area contributed by atoms with E-state index in [1.54, 1.807) is 6.20 Å². The van der Waals surface area contributed by atoms with E-state index in [4.69, 9.17) is 16.3 Å². The molecule has 0 saturated carbocycles. The van der Waals surface area contributed by atoms with Crippen LogP contribution in [0.25, 0.3) is 22.2 Å². The van der Waals surface area contributed by atoms with Gasteiger partial charge in [-0.1, -0.05) is 50.6 Å². The highest BCUT2D eigenvalue weighted by atomic mass is 35.5. The average Bonchev–Trinajstić information content (AvgIpc) is 2.59. The van der Waals surface area contributed by atoms with Gasteiger partial charge >= 0.3 is 0 Å². The van der Waals surface area contributed by atoms with Gasteiger partial charge in [0.2, 0.25) is 0 Å². The maximum atomic E-state index is 6.37. The van der Waals surface area contributed by atoms with E-state index >= 15 is 0 Å². The van der Waals surface area contributed by atoms with Gasteiger partial charge in [-0.05, 0) is 42.5 Å². The number of pyridine rings is 2. The summed E-state index contributed by atoms with van der Waals surface area (Å²) in [7, 11) is 0. The van der Waals surface area contributed by atoms with E-state index in [0.29, 0.717) is 29.3 Å². The molecule has 3 rings (SSSR count). The molecule has 0 saturated heterocycles. The number of rotatable bonds is 6. The van der Waals surface area contributed by atoms with Gasteiger partial charge in [-0.15, -0.1) is 0 Å². The first-order valence-electron chi connectivity index (χ1n) is 8.68. The van der Waals surface area contributed by atoms with Crippen molar-refractivity contribution in [1.82, 2.24) is 9.97 Å². The van der Waals surface area contributed by atoms with Crippen LogP contribution in [0.2, 0.25) is 5.15 Å². The van der Waals surface area contributed by atoms with Crippen molar-refractivity contribution in [2.24, 2.45) is 11.8 Å². The number of hydrogen-bond donors (Lipinski definition) is 0. The number of halogens is 1. The molecule has 4 heteroatoms. The molecule has 3 nitrogen and oxygen atoms in total. The molecule has 0 aliphatic rings. The van der Waals surface area contributed by atoms with Gasteiger partial charge in [0, 0.05) is 17.1 Å². The van der Waals surface area contributed by atoms with Gasteiger partial charge in [0.1, 0.15) is 0 Å². The fourth-order valence-electron chi connectivity index (χ4n) is 3.10. The van der Waals surface area contributed by atoms with Gasteiger partial charge in [-0.2, -0.15) is 0 Å². The number of para-hydroxylation sites is 1. The van der Waals surface area contributed by atoms with Gasteiger partial charge in [-0.25, -0.2) is 4.98 Å². The van der Waals surface area contributed by atoms with Gasteiger partial charge in [0.15, 0.2) is 10.9 Å². The van der Waals surface area contributed by atoms with Crippen molar-refractivity contribution in [3.05, 3.63) is 53.8 Å². The maximum Gasteiger partial charge on any atom is 0.171 e. The molecule has 3 aromatic rings. The number of ether oxygens (including phenoxy) is 1. The van der Waals surface area contributed by atoms with Crippen molar-refractivity contribution in [3.8, 4) is 17.0 Å². The number of aromatic nitrogens is 2. The van der Waals surface area contributed by atoms with Crippen molar-refractivity contribution >= 4 is 22.5 Å². The van der Waals surface area contributed by atoms with Crippen LogP contribution in [0, 0.1) is 11.8 Å². The lowest BCUT2D eigenvalue weighted by atomic mass is 10.00. The molecule has 0 radical (unpaired) electrons. The Morgan fingerprint density at radius 3 is 2.60 bits per heavy atom. The van der Waals surface area contributed by atoms with E-state index in [1.807, 2.05) is 42.5 Å². The normalized spacial score (nSPS) is 12.5. The molecular weight excluding hydrogens is 332 g/mol. The van der Waals surface area contributed by atoms with Crippen LogP contribution in [0.15, 0.2) is 48.7 Å². The van der Waals surface area contributed by atoms with Crippen LogP contribution in [0.3, 0.4) is 0 Å². The Balaban J connectivity index is 1.82. The molecule has 0 bridgehead atoms.